The van der Waals surface area contributed by atoms with Crippen LogP contribution in [0, 0.1) is 5.41 Å². The number of sulfonamides is 1. The van der Waals surface area contributed by atoms with E-state index in [-0.39, 0.29) is 18.0 Å². The van der Waals surface area contributed by atoms with Gasteiger partial charge in [0.1, 0.15) is 0 Å². The van der Waals surface area contributed by atoms with E-state index in [0.29, 0.717) is 6.42 Å². The lowest BCUT2D eigenvalue weighted by Crippen LogP contribution is -2.47. The quantitative estimate of drug-likeness (QED) is 0.750. The summed E-state index contributed by atoms with van der Waals surface area (Å²) in [4.78, 5) is 0. The smallest absolute Gasteiger partial charge is 0.215 e. The molecule has 0 amide bonds. The second-order valence-electron chi connectivity index (χ2n) is 5.02. The van der Waals surface area contributed by atoms with E-state index in [1.807, 2.05) is 34.6 Å². The molecule has 15 heavy (non-hydrogen) atoms. The van der Waals surface area contributed by atoms with Crippen molar-refractivity contribution in [3.05, 3.63) is 0 Å². The Balaban J connectivity index is 4.65. The van der Waals surface area contributed by atoms with Gasteiger partial charge >= 0.3 is 0 Å². The van der Waals surface area contributed by atoms with Crippen molar-refractivity contribution in [3.8, 4) is 0 Å². The maximum atomic E-state index is 11.9. The van der Waals surface area contributed by atoms with E-state index in [2.05, 4.69) is 4.72 Å². The van der Waals surface area contributed by atoms with E-state index < -0.39 is 15.3 Å². The summed E-state index contributed by atoms with van der Waals surface area (Å²) in [5, 5.41) is -0.484. The van der Waals surface area contributed by atoms with Gasteiger partial charge in [-0.3, -0.25) is 0 Å². The molecule has 2 unspecified atom stereocenters. The molecule has 0 fully saturated rings. The first-order chi connectivity index (χ1) is 6.65. The number of hydrogen-bond donors (Lipinski definition) is 2. The van der Waals surface area contributed by atoms with Crippen molar-refractivity contribution in [3.63, 3.8) is 0 Å². The van der Waals surface area contributed by atoms with Gasteiger partial charge in [0.2, 0.25) is 10.0 Å². The molecule has 0 bridgehead atoms. The van der Waals surface area contributed by atoms with E-state index in [1.165, 1.54) is 0 Å². The summed E-state index contributed by atoms with van der Waals surface area (Å²) < 4.78 is 26.4. The van der Waals surface area contributed by atoms with Gasteiger partial charge in [0.25, 0.3) is 0 Å². The highest BCUT2D eigenvalue weighted by Gasteiger charge is 2.29. The summed E-state index contributed by atoms with van der Waals surface area (Å²) in [5.74, 6) is 0. The van der Waals surface area contributed by atoms with Crippen LogP contribution in [0.15, 0.2) is 0 Å². The second kappa shape index (κ2) is 5.27. The molecule has 0 aromatic heterocycles. The van der Waals surface area contributed by atoms with Crippen molar-refractivity contribution in [1.82, 2.24) is 4.72 Å². The number of nitrogens with two attached hydrogens (primary N) is 1. The van der Waals surface area contributed by atoms with Gasteiger partial charge in [-0.2, -0.15) is 0 Å². The Morgan fingerprint density at radius 3 is 2.07 bits per heavy atom. The van der Waals surface area contributed by atoms with E-state index in [4.69, 9.17) is 5.73 Å². The van der Waals surface area contributed by atoms with Gasteiger partial charge in [0, 0.05) is 12.6 Å². The molecule has 4 nitrogen and oxygen atoms in total. The molecule has 92 valence electrons. The zero-order valence-electron chi connectivity index (χ0n) is 10.4. The average molecular weight is 236 g/mol. The first-order valence-electron chi connectivity index (χ1n) is 5.36. The van der Waals surface area contributed by atoms with Crippen molar-refractivity contribution in [2.75, 3.05) is 6.54 Å². The van der Waals surface area contributed by atoms with Crippen LogP contribution in [-0.2, 0) is 10.0 Å². The average Bonchev–Trinajstić information content (AvgIpc) is 2.02. The van der Waals surface area contributed by atoms with Gasteiger partial charge in [-0.1, -0.05) is 27.7 Å². The van der Waals surface area contributed by atoms with Crippen LogP contribution >= 0.6 is 0 Å². The third kappa shape index (κ3) is 4.49. The Bertz CT molecular complexity index is 276. The lowest BCUT2D eigenvalue weighted by atomic mass is 9.89. The second-order valence-corrected chi connectivity index (χ2v) is 7.01. The fraction of sp³-hybridized carbons (Fsp3) is 1.00. The van der Waals surface area contributed by atoms with Crippen LogP contribution in [0.2, 0.25) is 0 Å². The predicted molar refractivity (Wildman–Crippen MR) is 64.1 cm³/mol. The van der Waals surface area contributed by atoms with Crippen molar-refractivity contribution >= 4 is 10.0 Å². The molecule has 3 N–H and O–H groups in total. The minimum atomic E-state index is -3.28. The Kier molecular flexibility index (Phi) is 5.23. The summed E-state index contributed by atoms with van der Waals surface area (Å²) >= 11 is 0. The first kappa shape index (κ1) is 14.9. The minimum Gasteiger partial charge on any atom is -0.329 e. The minimum absolute atomic E-state index is 0.0834. The number of rotatable bonds is 5. The zero-order chi connectivity index (χ0) is 12.3. The summed E-state index contributed by atoms with van der Waals surface area (Å²) in [6.45, 7) is 9.89. The highest BCUT2D eigenvalue weighted by molar-refractivity contribution is 7.90. The third-order valence-electron chi connectivity index (χ3n) is 2.80. The molecular weight excluding hydrogens is 212 g/mol. The van der Waals surface area contributed by atoms with Crippen LogP contribution in [0.1, 0.15) is 41.0 Å². The molecule has 0 aliphatic heterocycles. The summed E-state index contributed by atoms with van der Waals surface area (Å²) in [5.41, 5.74) is 5.35. The van der Waals surface area contributed by atoms with Crippen LogP contribution in [0.4, 0.5) is 0 Å². The Labute approximate surface area is 93.7 Å². The van der Waals surface area contributed by atoms with Crippen LogP contribution in [0.5, 0.6) is 0 Å². The van der Waals surface area contributed by atoms with Gasteiger partial charge in [0.05, 0.1) is 5.25 Å². The Morgan fingerprint density at radius 1 is 1.33 bits per heavy atom. The van der Waals surface area contributed by atoms with Crippen molar-refractivity contribution in [1.29, 1.82) is 0 Å². The molecule has 0 aromatic carbocycles. The van der Waals surface area contributed by atoms with Crippen molar-refractivity contribution < 1.29 is 8.42 Å². The standard InChI is InChI=1S/C10H24N2O2S/c1-6-9(7-11)15(13,14)12-8(2)10(3,4)5/h8-9,12H,6-7,11H2,1-5H3. The summed E-state index contributed by atoms with van der Waals surface area (Å²) in [6.07, 6.45) is 0.544. The predicted octanol–water partition coefficient (Wildman–Crippen LogP) is 1.08. The van der Waals surface area contributed by atoms with E-state index in [1.54, 1.807) is 0 Å². The monoisotopic (exact) mass is 236 g/mol. The molecule has 0 rings (SSSR count). The Morgan fingerprint density at radius 2 is 1.80 bits per heavy atom. The number of hydrogen-bond acceptors (Lipinski definition) is 3. The molecule has 0 aromatic rings. The highest BCUT2D eigenvalue weighted by Crippen LogP contribution is 2.20. The molecule has 0 spiro atoms. The van der Waals surface area contributed by atoms with Gasteiger partial charge in [-0.15, -0.1) is 0 Å². The molecule has 5 heteroatoms. The lowest BCUT2D eigenvalue weighted by Gasteiger charge is -2.29. The Hall–Kier alpha value is -0.130. The van der Waals surface area contributed by atoms with E-state index in [9.17, 15) is 8.42 Å². The van der Waals surface area contributed by atoms with Gasteiger partial charge in [-0.25, -0.2) is 13.1 Å². The first-order valence-corrected chi connectivity index (χ1v) is 6.91. The van der Waals surface area contributed by atoms with E-state index in [0.717, 1.165) is 0 Å². The maximum Gasteiger partial charge on any atom is 0.215 e. The molecule has 0 heterocycles. The molecule has 0 saturated heterocycles. The lowest BCUT2D eigenvalue weighted by molar-refractivity contribution is 0.316. The topological polar surface area (TPSA) is 72.2 Å². The zero-order valence-corrected chi connectivity index (χ0v) is 11.2. The fourth-order valence-electron chi connectivity index (χ4n) is 1.03. The largest absolute Gasteiger partial charge is 0.329 e. The SMILES string of the molecule is CCC(CN)S(=O)(=O)NC(C)C(C)(C)C. The summed E-state index contributed by atoms with van der Waals surface area (Å²) in [7, 11) is -3.28. The summed E-state index contributed by atoms with van der Waals surface area (Å²) in [6, 6.07) is -0.0944. The molecule has 2 atom stereocenters. The van der Waals surface area contributed by atoms with Crippen LogP contribution in [0.3, 0.4) is 0 Å². The molecule has 0 saturated carbocycles. The molecule has 0 aliphatic carbocycles. The third-order valence-corrected chi connectivity index (χ3v) is 4.88. The van der Waals surface area contributed by atoms with Crippen LogP contribution in [0.25, 0.3) is 0 Å². The molecule has 0 radical (unpaired) electrons. The van der Waals surface area contributed by atoms with E-state index >= 15 is 0 Å². The normalized spacial score (nSPS) is 17.5. The highest BCUT2D eigenvalue weighted by atomic mass is 32.2. The fourth-order valence-corrected chi connectivity index (χ4v) is 2.76. The molecule has 0 aliphatic rings. The molecular formula is C10H24N2O2S. The van der Waals surface area contributed by atoms with Gasteiger partial charge in [0.15, 0.2) is 0 Å². The van der Waals surface area contributed by atoms with Crippen molar-refractivity contribution in [2.45, 2.75) is 52.3 Å². The van der Waals surface area contributed by atoms with Crippen LogP contribution in [-0.4, -0.2) is 26.3 Å². The van der Waals surface area contributed by atoms with Crippen molar-refractivity contribution in [2.24, 2.45) is 11.1 Å². The van der Waals surface area contributed by atoms with Crippen LogP contribution < -0.4 is 10.5 Å². The van der Waals surface area contributed by atoms with Gasteiger partial charge < -0.3 is 5.73 Å². The maximum absolute atomic E-state index is 11.9. The van der Waals surface area contributed by atoms with Gasteiger partial charge in [-0.05, 0) is 18.8 Å². The number of nitrogens with one attached hydrogen (secondary N) is 1.